The molecule has 1 aromatic rings. The van der Waals surface area contributed by atoms with Crippen molar-refractivity contribution in [3.05, 3.63) is 23.8 Å². The second-order valence-electron chi connectivity index (χ2n) is 3.85. The molecule has 5 heteroatoms. The summed E-state index contributed by atoms with van der Waals surface area (Å²) < 4.78 is 5.51. The third kappa shape index (κ3) is 1.95. The van der Waals surface area contributed by atoms with Gasteiger partial charge in [0.1, 0.15) is 12.3 Å². The molecule has 1 atom stereocenters. The number of amides is 1. The van der Waals surface area contributed by atoms with Crippen molar-refractivity contribution in [1.82, 2.24) is 0 Å². The zero-order chi connectivity index (χ0) is 12.4. The minimum Gasteiger partial charge on any atom is -0.479 e. The average Bonchev–Trinajstić information content (AvgIpc) is 2.34. The third-order valence-electron chi connectivity index (χ3n) is 2.70. The molecule has 5 nitrogen and oxygen atoms in total. The summed E-state index contributed by atoms with van der Waals surface area (Å²) in [5, 5.41) is 8.74. The Morgan fingerprint density at radius 2 is 2.35 bits per heavy atom. The number of anilines is 1. The Morgan fingerprint density at radius 1 is 1.59 bits per heavy atom. The van der Waals surface area contributed by atoms with E-state index < -0.39 is 6.10 Å². The lowest BCUT2D eigenvalue weighted by Crippen LogP contribution is -2.44. The first-order chi connectivity index (χ1) is 8.17. The number of nitrogens with two attached hydrogens (primary N) is 1. The monoisotopic (exact) mass is 231 g/mol. The highest BCUT2D eigenvalue weighted by molar-refractivity contribution is 6.00. The smallest absolute Gasteiger partial charge is 0.268 e. The Balaban J connectivity index is 2.45. The largest absolute Gasteiger partial charge is 0.479 e. The maximum Gasteiger partial charge on any atom is 0.268 e. The van der Waals surface area contributed by atoms with Crippen LogP contribution in [0.5, 0.6) is 5.75 Å². The molecule has 0 aliphatic carbocycles. The van der Waals surface area contributed by atoms with E-state index in [1.165, 1.54) is 4.90 Å². The topological polar surface area (TPSA) is 79.3 Å². The van der Waals surface area contributed by atoms with Gasteiger partial charge >= 0.3 is 0 Å². The van der Waals surface area contributed by atoms with Crippen LogP contribution in [0.2, 0.25) is 0 Å². The molecule has 2 N–H and O–H groups in total. The van der Waals surface area contributed by atoms with E-state index in [-0.39, 0.29) is 12.5 Å². The molecule has 0 radical (unpaired) electrons. The molecule has 1 aliphatic rings. The number of nitriles is 1. The lowest BCUT2D eigenvalue weighted by molar-refractivity contribution is -0.125. The number of hydrogen-bond donors (Lipinski definition) is 1. The third-order valence-corrected chi connectivity index (χ3v) is 2.70. The van der Waals surface area contributed by atoms with E-state index >= 15 is 0 Å². The first kappa shape index (κ1) is 11.4. The molecule has 0 saturated heterocycles. The minimum atomic E-state index is -0.566. The van der Waals surface area contributed by atoms with Crippen LogP contribution >= 0.6 is 0 Å². The van der Waals surface area contributed by atoms with Gasteiger partial charge in [-0.2, -0.15) is 5.26 Å². The molecule has 0 spiro atoms. The molecular formula is C12H13N3O2. The molecule has 88 valence electrons. The summed E-state index contributed by atoms with van der Waals surface area (Å²) in [6.07, 6.45) is -0.566. The van der Waals surface area contributed by atoms with Crippen molar-refractivity contribution in [3.8, 4) is 11.8 Å². The van der Waals surface area contributed by atoms with Gasteiger partial charge in [-0.1, -0.05) is 6.07 Å². The van der Waals surface area contributed by atoms with Crippen LogP contribution in [0.15, 0.2) is 18.2 Å². The molecule has 2 rings (SSSR count). The minimum absolute atomic E-state index is 0.0293. The predicted octanol–water partition coefficient (Wildman–Crippen LogP) is 0.783. The van der Waals surface area contributed by atoms with Gasteiger partial charge in [-0.05, 0) is 24.6 Å². The highest BCUT2D eigenvalue weighted by atomic mass is 16.5. The van der Waals surface area contributed by atoms with Gasteiger partial charge in [0.25, 0.3) is 5.91 Å². The summed E-state index contributed by atoms with van der Waals surface area (Å²) >= 11 is 0. The predicted molar refractivity (Wildman–Crippen MR) is 62.4 cm³/mol. The maximum absolute atomic E-state index is 11.9. The first-order valence-corrected chi connectivity index (χ1v) is 5.35. The molecule has 1 amide bonds. The highest BCUT2D eigenvalue weighted by Gasteiger charge is 2.31. The number of carbonyl (C=O) groups excluding carboxylic acids is 1. The van der Waals surface area contributed by atoms with Crippen LogP contribution < -0.4 is 15.4 Å². The van der Waals surface area contributed by atoms with Crippen molar-refractivity contribution in [1.29, 1.82) is 5.26 Å². The van der Waals surface area contributed by atoms with E-state index in [1.54, 1.807) is 13.0 Å². The van der Waals surface area contributed by atoms with Gasteiger partial charge < -0.3 is 10.5 Å². The Labute approximate surface area is 99.4 Å². The van der Waals surface area contributed by atoms with E-state index in [0.717, 1.165) is 5.56 Å². The number of hydrogen-bond acceptors (Lipinski definition) is 4. The van der Waals surface area contributed by atoms with Crippen molar-refractivity contribution in [2.45, 2.75) is 19.6 Å². The van der Waals surface area contributed by atoms with Crippen LogP contribution in [-0.4, -0.2) is 18.6 Å². The molecule has 1 aliphatic heterocycles. The van der Waals surface area contributed by atoms with E-state index in [9.17, 15) is 4.79 Å². The average molecular weight is 231 g/mol. The molecule has 0 bridgehead atoms. The number of fused-ring (bicyclic) bond motifs is 1. The van der Waals surface area contributed by atoms with Gasteiger partial charge in [-0.3, -0.25) is 9.69 Å². The lowest BCUT2D eigenvalue weighted by atomic mass is 10.1. The van der Waals surface area contributed by atoms with E-state index in [2.05, 4.69) is 0 Å². The SMILES string of the molecule is CC1Oc2cc(CN)ccc2N(CC#N)C1=O. The molecule has 17 heavy (non-hydrogen) atoms. The molecule has 1 unspecified atom stereocenters. The van der Waals surface area contributed by atoms with Crippen LogP contribution in [0.25, 0.3) is 0 Å². The van der Waals surface area contributed by atoms with Crippen molar-refractivity contribution in [2.24, 2.45) is 5.73 Å². The van der Waals surface area contributed by atoms with E-state index in [4.69, 9.17) is 15.7 Å². The van der Waals surface area contributed by atoms with Gasteiger partial charge in [0, 0.05) is 6.54 Å². The summed E-state index contributed by atoms with van der Waals surface area (Å²) in [6.45, 7) is 2.11. The fourth-order valence-electron chi connectivity index (χ4n) is 1.82. The summed E-state index contributed by atoms with van der Waals surface area (Å²) in [6, 6.07) is 7.38. The second-order valence-corrected chi connectivity index (χ2v) is 3.85. The van der Waals surface area contributed by atoms with Crippen molar-refractivity contribution < 1.29 is 9.53 Å². The normalized spacial score (nSPS) is 18.3. The molecular weight excluding hydrogens is 218 g/mol. The van der Waals surface area contributed by atoms with Crippen LogP contribution in [0.1, 0.15) is 12.5 Å². The Morgan fingerprint density at radius 3 is 3.00 bits per heavy atom. The Bertz CT molecular complexity index is 493. The fraction of sp³-hybridized carbons (Fsp3) is 0.333. The maximum atomic E-state index is 11.9. The number of nitrogens with zero attached hydrogens (tertiary/aromatic N) is 2. The number of carbonyl (C=O) groups is 1. The van der Waals surface area contributed by atoms with Gasteiger partial charge in [0.15, 0.2) is 6.10 Å². The standard InChI is InChI=1S/C12H13N3O2/c1-8-12(16)15(5-4-13)10-3-2-9(7-14)6-11(10)17-8/h2-3,6,8H,5,7,14H2,1H3. The van der Waals surface area contributed by atoms with Gasteiger partial charge in [0.05, 0.1) is 11.8 Å². The fourth-order valence-corrected chi connectivity index (χ4v) is 1.82. The van der Waals surface area contributed by atoms with Gasteiger partial charge in [-0.25, -0.2) is 0 Å². The zero-order valence-electron chi connectivity index (χ0n) is 9.51. The number of rotatable bonds is 2. The summed E-state index contributed by atoms with van der Waals surface area (Å²) in [4.78, 5) is 13.3. The molecule has 1 aromatic carbocycles. The number of ether oxygens (including phenoxy) is 1. The molecule has 0 saturated carbocycles. The van der Waals surface area contributed by atoms with Crippen LogP contribution in [0.3, 0.4) is 0 Å². The van der Waals surface area contributed by atoms with Crippen molar-refractivity contribution >= 4 is 11.6 Å². The molecule has 1 heterocycles. The van der Waals surface area contributed by atoms with Crippen LogP contribution in [0.4, 0.5) is 5.69 Å². The summed E-state index contributed by atoms with van der Waals surface area (Å²) in [5.74, 6) is 0.412. The molecule has 0 aromatic heterocycles. The quantitative estimate of drug-likeness (QED) is 0.763. The molecule has 0 fully saturated rings. The lowest BCUT2D eigenvalue weighted by Gasteiger charge is -2.31. The van der Waals surface area contributed by atoms with E-state index in [1.807, 2.05) is 18.2 Å². The second kappa shape index (κ2) is 4.44. The Kier molecular flexibility index (Phi) is 2.98. The summed E-state index contributed by atoms with van der Waals surface area (Å²) in [5.41, 5.74) is 7.11. The van der Waals surface area contributed by atoms with Crippen molar-refractivity contribution in [3.63, 3.8) is 0 Å². The summed E-state index contributed by atoms with van der Waals surface area (Å²) in [7, 11) is 0. The highest BCUT2D eigenvalue weighted by Crippen LogP contribution is 2.34. The van der Waals surface area contributed by atoms with Gasteiger partial charge in [0.2, 0.25) is 0 Å². The van der Waals surface area contributed by atoms with Crippen LogP contribution in [-0.2, 0) is 11.3 Å². The first-order valence-electron chi connectivity index (χ1n) is 5.35. The van der Waals surface area contributed by atoms with Crippen molar-refractivity contribution in [2.75, 3.05) is 11.4 Å². The van der Waals surface area contributed by atoms with E-state index in [0.29, 0.717) is 18.0 Å². The van der Waals surface area contributed by atoms with Crippen LogP contribution in [0, 0.1) is 11.3 Å². The Hall–Kier alpha value is -2.06. The van der Waals surface area contributed by atoms with Gasteiger partial charge in [-0.15, -0.1) is 0 Å². The number of benzene rings is 1. The zero-order valence-corrected chi connectivity index (χ0v) is 9.51.